The fourth-order valence-corrected chi connectivity index (χ4v) is 1.44. The number of hydrogen-bond donors (Lipinski definition) is 1. The van der Waals surface area contributed by atoms with E-state index in [9.17, 15) is 4.79 Å². The molecule has 1 aromatic heterocycles. The van der Waals surface area contributed by atoms with E-state index in [-0.39, 0.29) is 12.3 Å². The summed E-state index contributed by atoms with van der Waals surface area (Å²) in [5.41, 5.74) is 6.97. The predicted octanol–water partition coefficient (Wildman–Crippen LogP) is 1.26. The number of carbonyl (C=O) groups is 1. The van der Waals surface area contributed by atoms with Crippen LogP contribution < -0.4 is 5.73 Å². The van der Waals surface area contributed by atoms with Gasteiger partial charge in [0.25, 0.3) is 0 Å². The quantitative estimate of drug-likeness (QED) is 0.767. The Kier molecular flexibility index (Phi) is 2.14. The number of hydrogen-bond acceptors (Lipinski definition) is 2. The summed E-state index contributed by atoms with van der Waals surface area (Å²) < 4.78 is 0. The van der Waals surface area contributed by atoms with Gasteiger partial charge >= 0.3 is 0 Å². The van der Waals surface area contributed by atoms with Crippen molar-refractivity contribution in [2.24, 2.45) is 5.73 Å². The monoisotopic (exact) mass is 186 g/mol. The van der Waals surface area contributed by atoms with E-state index < -0.39 is 0 Å². The van der Waals surface area contributed by atoms with E-state index in [0.29, 0.717) is 0 Å². The Balaban J connectivity index is 2.46. The molecule has 0 aliphatic carbocycles. The maximum atomic E-state index is 10.7. The zero-order valence-electron chi connectivity index (χ0n) is 7.60. The van der Waals surface area contributed by atoms with Gasteiger partial charge in [0.1, 0.15) is 0 Å². The number of benzene rings is 1. The van der Waals surface area contributed by atoms with Gasteiger partial charge in [-0.15, -0.1) is 0 Å². The van der Waals surface area contributed by atoms with E-state index in [4.69, 9.17) is 5.73 Å². The van der Waals surface area contributed by atoms with Crippen molar-refractivity contribution in [3.63, 3.8) is 0 Å². The third kappa shape index (κ3) is 1.71. The molecule has 0 aliphatic rings. The number of rotatable bonds is 2. The van der Waals surface area contributed by atoms with Gasteiger partial charge in [-0.3, -0.25) is 9.78 Å². The molecule has 0 atom stereocenters. The molecule has 2 aromatic rings. The molecule has 1 aromatic carbocycles. The van der Waals surface area contributed by atoms with Crippen LogP contribution in [-0.2, 0) is 11.2 Å². The Hall–Kier alpha value is -1.90. The van der Waals surface area contributed by atoms with Crippen LogP contribution in [0.15, 0.2) is 36.5 Å². The highest BCUT2D eigenvalue weighted by Crippen LogP contribution is 2.13. The van der Waals surface area contributed by atoms with Gasteiger partial charge in [0.15, 0.2) is 0 Å². The zero-order chi connectivity index (χ0) is 9.97. The molecule has 0 radical (unpaired) electrons. The second-order valence-corrected chi connectivity index (χ2v) is 3.17. The summed E-state index contributed by atoms with van der Waals surface area (Å²) in [5, 5.41) is 1.03. The fraction of sp³-hybridized carbons (Fsp3) is 0.0909. The molecule has 1 heterocycles. The van der Waals surface area contributed by atoms with Gasteiger partial charge in [0.2, 0.25) is 5.91 Å². The second kappa shape index (κ2) is 3.46. The van der Waals surface area contributed by atoms with Crippen molar-refractivity contribution in [2.75, 3.05) is 0 Å². The van der Waals surface area contributed by atoms with Crippen LogP contribution in [-0.4, -0.2) is 10.9 Å². The van der Waals surface area contributed by atoms with Crippen LogP contribution in [0.3, 0.4) is 0 Å². The molecule has 0 saturated carbocycles. The third-order valence-corrected chi connectivity index (χ3v) is 2.05. The minimum Gasteiger partial charge on any atom is -0.369 e. The Bertz CT molecular complexity index is 479. The predicted molar refractivity (Wildman–Crippen MR) is 54.6 cm³/mol. The highest BCUT2D eigenvalue weighted by Gasteiger charge is 1.99. The Morgan fingerprint density at radius 3 is 3.00 bits per heavy atom. The Morgan fingerprint density at radius 2 is 2.21 bits per heavy atom. The maximum absolute atomic E-state index is 10.7. The highest BCUT2D eigenvalue weighted by molar-refractivity contribution is 5.82. The number of carbonyl (C=O) groups excluding carboxylic acids is 1. The molecule has 1 amide bonds. The van der Waals surface area contributed by atoms with Crippen LogP contribution >= 0.6 is 0 Å². The number of aromatic nitrogens is 1. The topological polar surface area (TPSA) is 56.0 Å². The smallest absolute Gasteiger partial charge is 0.221 e. The molecule has 3 heteroatoms. The Labute approximate surface area is 81.6 Å². The van der Waals surface area contributed by atoms with Gasteiger partial charge in [0.05, 0.1) is 11.9 Å². The summed E-state index contributed by atoms with van der Waals surface area (Å²) in [6.07, 6.45) is 2.03. The molecule has 2 N–H and O–H groups in total. The van der Waals surface area contributed by atoms with Gasteiger partial charge in [-0.2, -0.15) is 0 Å². The molecule has 0 aliphatic heterocycles. The van der Waals surface area contributed by atoms with Crippen LogP contribution in [0.4, 0.5) is 0 Å². The molecular weight excluding hydrogens is 176 g/mol. The molecule has 70 valence electrons. The average molecular weight is 186 g/mol. The van der Waals surface area contributed by atoms with Crippen molar-refractivity contribution < 1.29 is 4.79 Å². The first kappa shape index (κ1) is 8.69. The van der Waals surface area contributed by atoms with Crippen molar-refractivity contribution >= 4 is 16.8 Å². The number of amides is 1. The summed E-state index contributed by atoms with van der Waals surface area (Å²) >= 11 is 0. The summed E-state index contributed by atoms with van der Waals surface area (Å²) in [7, 11) is 0. The Morgan fingerprint density at radius 1 is 1.36 bits per heavy atom. The second-order valence-electron chi connectivity index (χ2n) is 3.17. The molecule has 0 spiro atoms. The zero-order valence-corrected chi connectivity index (χ0v) is 7.60. The molecule has 0 bridgehead atoms. The number of nitrogens with zero attached hydrogens (tertiary/aromatic N) is 1. The summed E-state index contributed by atoms with van der Waals surface area (Å²) in [4.78, 5) is 14.9. The molecule has 0 saturated heterocycles. The van der Waals surface area contributed by atoms with Crippen LogP contribution in [0.2, 0.25) is 0 Å². The lowest BCUT2D eigenvalue weighted by atomic mass is 10.1. The lowest BCUT2D eigenvalue weighted by Crippen LogP contribution is -2.13. The van der Waals surface area contributed by atoms with Crippen molar-refractivity contribution in [3.05, 3.63) is 42.1 Å². The first-order chi connectivity index (χ1) is 6.75. The summed E-state index contributed by atoms with van der Waals surface area (Å²) in [6.45, 7) is 0. The van der Waals surface area contributed by atoms with E-state index in [1.807, 2.05) is 30.3 Å². The van der Waals surface area contributed by atoms with Crippen LogP contribution in [0.25, 0.3) is 10.9 Å². The van der Waals surface area contributed by atoms with Gasteiger partial charge in [-0.1, -0.05) is 12.1 Å². The average Bonchev–Trinajstić information content (AvgIpc) is 2.17. The molecular formula is C11H10N2O. The lowest BCUT2D eigenvalue weighted by molar-refractivity contribution is -0.117. The van der Waals surface area contributed by atoms with Crippen LogP contribution in [0, 0.1) is 0 Å². The largest absolute Gasteiger partial charge is 0.369 e. The van der Waals surface area contributed by atoms with Crippen LogP contribution in [0.5, 0.6) is 0 Å². The maximum Gasteiger partial charge on any atom is 0.221 e. The SMILES string of the molecule is NC(=O)Cc1ccc2ncccc2c1. The van der Waals surface area contributed by atoms with E-state index in [1.165, 1.54) is 0 Å². The van der Waals surface area contributed by atoms with E-state index in [1.54, 1.807) is 6.20 Å². The van der Waals surface area contributed by atoms with Gasteiger partial charge in [-0.05, 0) is 23.8 Å². The van der Waals surface area contributed by atoms with Crippen LogP contribution in [0.1, 0.15) is 5.56 Å². The lowest BCUT2D eigenvalue weighted by Gasteiger charge is -2.00. The van der Waals surface area contributed by atoms with E-state index in [0.717, 1.165) is 16.5 Å². The first-order valence-electron chi connectivity index (χ1n) is 4.38. The summed E-state index contributed by atoms with van der Waals surface area (Å²) in [5.74, 6) is -0.312. The minimum atomic E-state index is -0.312. The first-order valence-corrected chi connectivity index (χ1v) is 4.38. The number of nitrogens with two attached hydrogens (primary N) is 1. The molecule has 14 heavy (non-hydrogen) atoms. The number of primary amides is 1. The normalized spacial score (nSPS) is 10.3. The summed E-state index contributed by atoms with van der Waals surface area (Å²) in [6, 6.07) is 9.55. The number of fused-ring (bicyclic) bond motifs is 1. The molecule has 2 rings (SSSR count). The minimum absolute atomic E-state index is 0.283. The van der Waals surface area contributed by atoms with Crippen molar-refractivity contribution in [2.45, 2.75) is 6.42 Å². The van der Waals surface area contributed by atoms with Gasteiger partial charge in [-0.25, -0.2) is 0 Å². The standard InChI is InChI=1S/C11H10N2O/c12-11(14)7-8-3-4-10-9(6-8)2-1-5-13-10/h1-6H,7H2,(H2,12,14). The third-order valence-electron chi connectivity index (χ3n) is 2.05. The van der Waals surface area contributed by atoms with Crippen molar-refractivity contribution in [1.82, 2.24) is 4.98 Å². The number of pyridine rings is 1. The van der Waals surface area contributed by atoms with Crippen molar-refractivity contribution in [1.29, 1.82) is 0 Å². The molecule has 0 unspecified atom stereocenters. The molecule has 0 fully saturated rings. The fourth-order valence-electron chi connectivity index (χ4n) is 1.44. The van der Waals surface area contributed by atoms with E-state index in [2.05, 4.69) is 4.98 Å². The van der Waals surface area contributed by atoms with Gasteiger partial charge < -0.3 is 5.73 Å². The van der Waals surface area contributed by atoms with Crippen molar-refractivity contribution in [3.8, 4) is 0 Å². The molecule has 3 nitrogen and oxygen atoms in total. The van der Waals surface area contributed by atoms with Gasteiger partial charge in [0, 0.05) is 11.6 Å². The van der Waals surface area contributed by atoms with E-state index >= 15 is 0 Å². The highest BCUT2D eigenvalue weighted by atomic mass is 16.1.